The molecule has 0 radical (unpaired) electrons. The first-order chi connectivity index (χ1) is 10.8. The summed E-state index contributed by atoms with van der Waals surface area (Å²) in [6, 6.07) is 7.74. The molecule has 0 spiro atoms. The van der Waals surface area contributed by atoms with Crippen LogP contribution in [0.15, 0.2) is 47.6 Å². The zero-order valence-electron chi connectivity index (χ0n) is 11.8. The number of nitrogens with zero attached hydrogens (tertiary/aromatic N) is 3. The fourth-order valence-electron chi connectivity index (χ4n) is 2.17. The maximum Gasteiger partial charge on any atom is 0.306 e. The second-order valence-electron chi connectivity index (χ2n) is 4.88. The van der Waals surface area contributed by atoms with Crippen molar-refractivity contribution < 1.29 is 13.3 Å². The van der Waals surface area contributed by atoms with Gasteiger partial charge in [-0.25, -0.2) is 17.4 Å². The monoisotopic (exact) mass is 351 g/mol. The highest BCUT2D eigenvalue weighted by Crippen LogP contribution is 2.32. The molecule has 0 unspecified atom stereocenters. The molecule has 9 heteroatoms. The minimum Gasteiger partial charge on any atom is -0.258 e. The third-order valence-corrected chi connectivity index (χ3v) is 5.45. The van der Waals surface area contributed by atoms with E-state index in [-0.39, 0.29) is 26.6 Å². The lowest BCUT2D eigenvalue weighted by atomic mass is 10.2. The molecule has 3 aromatic rings. The van der Waals surface area contributed by atoms with Gasteiger partial charge in [-0.2, -0.15) is 0 Å². The average molecular weight is 352 g/mol. The van der Waals surface area contributed by atoms with Crippen LogP contribution < -0.4 is 0 Å². The van der Waals surface area contributed by atoms with Crippen molar-refractivity contribution in [2.24, 2.45) is 0 Å². The van der Waals surface area contributed by atoms with Crippen LogP contribution in [0, 0.1) is 17.0 Å². The number of nitro groups is 1. The molecule has 0 N–H and O–H groups in total. The van der Waals surface area contributed by atoms with E-state index in [4.69, 9.17) is 11.6 Å². The fourth-order valence-corrected chi connectivity index (χ4v) is 3.73. The second-order valence-corrected chi connectivity index (χ2v) is 7.07. The quantitative estimate of drug-likeness (QED) is 0.533. The Balaban J connectivity index is 2.23. The number of aromatic nitrogens is 2. The van der Waals surface area contributed by atoms with Crippen LogP contribution in [0.25, 0.3) is 11.0 Å². The van der Waals surface area contributed by atoms with Crippen LogP contribution >= 0.6 is 11.6 Å². The first-order valence-corrected chi connectivity index (χ1v) is 8.26. The summed E-state index contributed by atoms with van der Waals surface area (Å²) in [5.41, 5.74) is 0.601. The summed E-state index contributed by atoms with van der Waals surface area (Å²) in [5.74, 6) is 0. The molecule has 0 aliphatic carbocycles. The van der Waals surface area contributed by atoms with E-state index in [0.717, 1.165) is 15.7 Å². The lowest BCUT2D eigenvalue weighted by molar-refractivity contribution is -0.384. The van der Waals surface area contributed by atoms with Crippen LogP contribution in [-0.4, -0.2) is 22.3 Å². The Morgan fingerprint density at radius 2 is 1.87 bits per heavy atom. The Morgan fingerprint density at radius 3 is 2.48 bits per heavy atom. The molecule has 0 bridgehead atoms. The number of aryl methyl sites for hydroxylation is 1. The Hall–Kier alpha value is -2.45. The van der Waals surface area contributed by atoms with Crippen LogP contribution in [0.5, 0.6) is 0 Å². The van der Waals surface area contributed by atoms with Crippen molar-refractivity contribution in [1.29, 1.82) is 0 Å². The zero-order valence-corrected chi connectivity index (χ0v) is 13.4. The van der Waals surface area contributed by atoms with Gasteiger partial charge < -0.3 is 0 Å². The molecule has 0 fully saturated rings. The molecule has 1 aromatic carbocycles. The molecule has 0 aliphatic rings. The summed E-state index contributed by atoms with van der Waals surface area (Å²) in [6.07, 6.45) is 2.23. The molecule has 0 aliphatic heterocycles. The van der Waals surface area contributed by atoms with Crippen LogP contribution in [0.3, 0.4) is 0 Å². The summed E-state index contributed by atoms with van der Waals surface area (Å²) in [7, 11) is -3.86. The first kappa shape index (κ1) is 15.4. The number of halogens is 1. The summed E-state index contributed by atoms with van der Waals surface area (Å²) in [6.45, 7) is 1.85. The average Bonchev–Trinajstić information content (AvgIpc) is 2.93. The lowest BCUT2D eigenvalue weighted by Gasteiger charge is -2.07. The SMILES string of the molecule is Cc1ccc(S(=O)(=O)n2ccc3c(Cl)c([N+](=O)[O-])cnc32)cc1. The third-order valence-electron chi connectivity index (χ3n) is 3.37. The van der Waals surface area contributed by atoms with Gasteiger partial charge in [0.2, 0.25) is 0 Å². The van der Waals surface area contributed by atoms with Crippen molar-refractivity contribution in [3.63, 3.8) is 0 Å². The molecule has 7 nitrogen and oxygen atoms in total. The van der Waals surface area contributed by atoms with E-state index in [9.17, 15) is 18.5 Å². The van der Waals surface area contributed by atoms with Crippen molar-refractivity contribution in [1.82, 2.24) is 8.96 Å². The van der Waals surface area contributed by atoms with Crippen molar-refractivity contribution in [2.75, 3.05) is 0 Å². The normalized spacial score (nSPS) is 11.7. The lowest BCUT2D eigenvalue weighted by Crippen LogP contribution is -2.12. The van der Waals surface area contributed by atoms with Gasteiger partial charge in [-0.15, -0.1) is 0 Å². The largest absolute Gasteiger partial charge is 0.306 e. The maximum absolute atomic E-state index is 12.7. The highest BCUT2D eigenvalue weighted by Gasteiger charge is 2.23. The molecule has 23 heavy (non-hydrogen) atoms. The number of fused-ring (bicyclic) bond motifs is 1. The van der Waals surface area contributed by atoms with Gasteiger partial charge in [0.25, 0.3) is 10.0 Å². The maximum atomic E-state index is 12.7. The summed E-state index contributed by atoms with van der Waals surface area (Å²) >= 11 is 5.98. The fraction of sp³-hybridized carbons (Fsp3) is 0.0714. The number of pyridine rings is 1. The number of hydrogen-bond acceptors (Lipinski definition) is 5. The van der Waals surface area contributed by atoms with Crippen LogP contribution in [0.4, 0.5) is 5.69 Å². The Labute approximate surface area is 136 Å². The van der Waals surface area contributed by atoms with Gasteiger partial charge in [-0.3, -0.25) is 10.1 Å². The highest BCUT2D eigenvalue weighted by atomic mass is 35.5. The van der Waals surface area contributed by atoms with Crippen molar-refractivity contribution >= 4 is 38.3 Å². The molecule has 3 rings (SSSR count). The molecule has 0 saturated heterocycles. The highest BCUT2D eigenvalue weighted by molar-refractivity contribution is 7.90. The van der Waals surface area contributed by atoms with E-state index in [0.29, 0.717) is 0 Å². The third kappa shape index (κ3) is 2.45. The second kappa shape index (κ2) is 5.32. The van der Waals surface area contributed by atoms with Gasteiger partial charge in [-0.1, -0.05) is 29.3 Å². The van der Waals surface area contributed by atoms with Gasteiger partial charge in [0.1, 0.15) is 11.2 Å². The van der Waals surface area contributed by atoms with Gasteiger partial charge in [0, 0.05) is 11.6 Å². The predicted molar refractivity (Wildman–Crippen MR) is 85.2 cm³/mol. The van der Waals surface area contributed by atoms with E-state index < -0.39 is 14.9 Å². The van der Waals surface area contributed by atoms with Crippen LogP contribution in [0.2, 0.25) is 5.02 Å². The summed E-state index contributed by atoms with van der Waals surface area (Å²) in [4.78, 5) is 14.2. The number of rotatable bonds is 3. The van der Waals surface area contributed by atoms with Crippen LogP contribution in [0.1, 0.15) is 5.56 Å². The molecular weight excluding hydrogens is 342 g/mol. The topological polar surface area (TPSA) is 95.1 Å². The molecule has 2 heterocycles. The molecule has 0 saturated carbocycles. The number of benzene rings is 1. The first-order valence-electron chi connectivity index (χ1n) is 6.44. The number of hydrogen-bond donors (Lipinski definition) is 0. The Morgan fingerprint density at radius 1 is 1.22 bits per heavy atom. The molecule has 118 valence electrons. The zero-order chi connectivity index (χ0) is 16.8. The van der Waals surface area contributed by atoms with Crippen molar-refractivity contribution in [2.45, 2.75) is 11.8 Å². The van der Waals surface area contributed by atoms with E-state index >= 15 is 0 Å². The Bertz CT molecular complexity index is 1030. The van der Waals surface area contributed by atoms with Gasteiger partial charge >= 0.3 is 5.69 Å². The minimum absolute atomic E-state index is 0.0428. The molecule has 0 amide bonds. The predicted octanol–water partition coefficient (Wildman–Crippen LogP) is 3.14. The Kier molecular flexibility index (Phi) is 3.57. The molecule has 2 aromatic heterocycles. The van der Waals surface area contributed by atoms with E-state index in [1.807, 2.05) is 6.92 Å². The van der Waals surface area contributed by atoms with Gasteiger partial charge in [-0.05, 0) is 25.1 Å². The van der Waals surface area contributed by atoms with Crippen molar-refractivity contribution in [3.8, 4) is 0 Å². The summed E-state index contributed by atoms with van der Waals surface area (Å²) in [5, 5.41) is 10.9. The minimum atomic E-state index is -3.86. The van der Waals surface area contributed by atoms with E-state index in [2.05, 4.69) is 4.98 Å². The van der Waals surface area contributed by atoms with Gasteiger partial charge in [0.05, 0.1) is 9.82 Å². The van der Waals surface area contributed by atoms with E-state index in [1.165, 1.54) is 24.4 Å². The van der Waals surface area contributed by atoms with E-state index in [1.54, 1.807) is 12.1 Å². The standard InChI is InChI=1S/C14H10ClN3O4S/c1-9-2-4-10(5-3-9)23(21,22)17-7-6-11-13(15)12(18(19)20)8-16-14(11)17/h2-8H,1H3. The van der Waals surface area contributed by atoms with Crippen LogP contribution in [-0.2, 0) is 10.0 Å². The molecular formula is C14H10ClN3O4S. The molecule has 0 atom stereocenters. The smallest absolute Gasteiger partial charge is 0.258 e. The summed E-state index contributed by atoms with van der Waals surface area (Å²) < 4.78 is 26.4. The van der Waals surface area contributed by atoms with Crippen molar-refractivity contribution in [3.05, 3.63) is 63.4 Å². The van der Waals surface area contributed by atoms with Gasteiger partial charge in [0.15, 0.2) is 5.65 Å².